The van der Waals surface area contributed by atoms with Crippen molar-refractivity contribution in [3.63, 3.8) is 0 Å². The van der Waals surface area contributed by atoms with Crippen LogP contribution in [0.4, 0.5) is 0 Å². The molecule has 2 N–H and O–H groups in total. The highest BCUT2D eigenvalue weighted by atomic mass is 31.0. The van der Waals surface area contributed by atoms with Crippen LogP contribution in [0.3, 0.4) is 0 Å². The predicted molar refractivity (Wildman–Crippen MR) is 48.6 cm³/mol. The highest BCUT2D eigenvalue weighted by molar-refractivity contribution is 7.14. The summed E-state index contributed by atoms with van der Waals surface area (Å²) in [5.74, 6) is 0. The Bertz CT molecular complexity index is 118. The molecule has 0 amide bonds. The molecule has 0 aliphatic carbocycles. The van der Waals surface area contributed by atoms with Gasteiger partial charge in [0, 0.05) is 13.1 Å². The third kappa shape index (κ3) is 1.66. The van der Waals surface area contributed by atoms with E-state index in [-0.39, 0.29) is 12.1 Å². The van der Waals surface area contributed by atoms with Gasteiger partial charge < -0.3 is 5.11 Å². The topological polar surface area (TPSA) is 35.5 Å². The van der Waals surface area contributed by atoms with E-state index in [1.807, 2.05) is 0 Å². The fourth-order valence-corrected chi connectivity index (χ4v) is 2.00. The van der Waals surface area contributed by atoms with Crippen LogP contribution in [0.1, 0.15) is 6.42 Å². The van der Waals surface area contributed by atoms with Crippen LogP contribution >= 0.6 is 18.8 Å². The van der Waals surface area contributed by atoms with Crippen LogP contribution in [0, 0.1) is 0 Å². The number of aliphatic hydroxyl groups is 1. The van der Waals surface area contributed by atoms with Crippen molar-refractivity contribution >= 4 is 18.8 Å². The summed E-state index contributed by atoms with van der Waals surface area (Å²) in [5, 5.41) is 12.1. The minimum Gasteiger partial charge on any atom is -0.394 e. The highest BCUT2D eigenvalue weighted by Crippen LogP contribution is 2.23. The molecular weight excluding hydrogens is 166 g/mol. The number of hydrogen-bond donors (Lipinski definition) is 2. The molecule has 5 heteroatoms. The van der Waals surface area contributed by atoms with Crippen LogP contribution in [-0.4, -0.2) is 35.0 Å². The first-order chi connectivity index (χ1) is 4.72. The molecule has 1 aliphatic heterocycles. The Morgan fingerprint density at radius 3 is 2.60 bits per heavy atom. The van der Waals surface area contributed by atoms with Crippen LogP contribution in [0.2, 0.25) is 0 Å². The SMILES string of the molecule is OCC1(NP)CCN(P)C1. The summed E-state index contributed by atoms with van der Waals surface area (Å²) in [6.45, 7) is 2.14. The lowest BCUT2D eigenvalue weighted by atomic mass is 10.0. The molecule has 0 saturated carbocycles. The molecule has 0 bridgehead atoms. The molecule has 60 valence electrons. The minimum absolute atomic E-state index is 0.0770. The smallest absolute Gasteiger partial charge is 0.0629 e. The van der Waals surface area contributed by atoms with Crippen molar-refractivity contribution in [1.82, 2.24) is 9.76 Å². The Morgan fingerprint density at radius 2 is 2.40 bits per heavy atom. The Labute approximate surface area is 66.1 Å². The summed E-state index contributed by atoms with van der Waals surface area (Å²) in [5.41, 5.74) is -0.0770. The molecule has 1 heterocycles. The lowest BCUT2D eigenvalue weighted by Crippen LogP contribution is -2.44. The molecule has 0 spiro atoms. The second kappa shape index (κ2) is 3.42. The maximum atomic E-state index is 9.02. The second-order valence-electron chi connectivity index (χ2n) is 2.80. The van der Waals surface area contributed by atoms with Gasteiger partial charge in [-0.25, -0.2) is 0 Å². The normalized spacial score (nSPS) is 35.1. The Balaban J connectivity index is 2.51. The first-order valence-corrected chi connectivity index (χ1v) is 4.40. The molecule has 0 radical (unpaired) electrons. The van der Waals surface area contributed by atoms with E-state index in [2.05, 4.69) is 28.5 Å². The summed E-state index contributed by atoms with van der Waals surface area (Å²) < 4.78 is 2.13. The fourth-order valence-electron chi connectivity index (χ4n) is 1.20. The Morgan fingerprint density at radius 1 is 1.70 bits per heavy atom. The van der Waals surface area contributed by atoms with Gasteiger partial charge in [0.2, 0.25) is 0 Å². The lowest BCUT2D eigenvalue weighted by molar-refractivity contribution is 0.194. The molecule has 0 aromatic carbocycles. The van der Waals surface area contributed by atoms with Gasteiger partial charge in [-0.3, -0.25) is 9.76 Å². The number of rotatable bonds is 2. The minimum atomic E-state index is -0.0770. The Kier molecular flexibility index (Phi) is 3.02. The van der Waals surface area contributed by atoms with E-state index in [4.69, 9.17) is 5.11 Å². The third-order valence-corrected chi connectivity index (χ3v) is 3.05. The summed E-state index contributed by atoms with van der Waals surface area (Å²) in [7, 11) is 5.11. The zero-order chi connectivity index (χ0) is 7.61. The average molecular weight is 180 g/mol. The van der Waals surface area contributed by atoms with Crippen LogP contribution in [0.5, 0.6) is 0 Å². The number of nitrogens with one attached hydrogen (secondary N) is 1. The molecule has 1 aliphatic rings. The molecule has 3 unspecified atom stereocenters. The first kappa shape index (κ1) is 8.83. The van der Waals surface area contributed by atoms with E-state index < -0.39 is 0 Å². The monoisotopic (exact) mass is 180 g/mol. The van der Waals surface area contributed by atoms with Crippen molar-refractivity contribution in [1.29, 1.82) is 0 Å². The van der Waals surface area contributed by atoms with Gasteiger partial charge in [0.05, 0.1) is 12.1 Å². The first-order valence-electron chi connectivity index (χ1n) is 3.31. The third-order valence-electron chi connectivity index (χ3n) is 1.99. The van der Waals surface area contributed by atoms with Gasteiger partial charge in [-0.15, -0.1) is 0 Å². The fraction of sp³-hybridized carbons (Fsp3) is 1.00. The zero-order valence-electron chi connectivity index (χ0n) is 5.88. The van der Waals surface area contributed by atoms with E-state index in [1.165, 1.54) is 0 Å². The molecule has 3 atom stereocenters. The molecule has 1 fully saturated rings. The van der Waals surface area contributed by atoms with Crippen LogP contribution < -0.4 is 5.09 Å². The van der Waals surface area contributed by atoms with E-state index in [0.717, 1.165) is 19.5 Å². The van der Waals surface area contributed by atoms with Gasteiger partial charge in [-0.2, -0.15) is 0 Å². The van der Waals surface area contributed by atoms with E-state index in [0.29, 0.717) is 0 Å². The predicted octanol–water partition coefficient (Wildman–Crippen LogP) is -0.407. The largest absolute Gasteiger partial charge is 0.394 e. The van der Waals surface area contributed by atoms with Gasteiger partial charge in [-0.1, -0.05) is 18.8 Å². The maximum Gasteiger partial charge on any atom is 0.0629 e. The number of aliphatic hydroxyl groups excluding tert-OH is 1. The average Bonchev–Trinajstić information content (AvgIpc) is 2.33. The van der Waals surface area contributed by atoms with Crippen molar-refractivity contribution in [2.45, 2.75) is 12.0 Å². The molecule has 1 saturated heterocycles. The van der Waals surface area contributed by atoms with Crippen LogP contribution in [0.15, 0.2) is 0 Å². The maximum absolute atomic E-state index is 9.02. The second-order valence-corrected chi connectivity index (χ2v) is 3.82. The van der Waals surface area contributed by atoms with Crippen molar-refractivity contribution in [2.75, 3.05) is 19.7 Å². The van der Waals surface area contributed by atoms with Gasteiger partial charge in [0.25, 0.3) is 0 Å². The van der Waals surface area contributed by atoms with E-state index in [9.17, 15) is 0 Å². The van der Waals surface area contributed by atoms with Crippen molar-refractivity contribution in [2.24, 2.45) is 0 Å². The molecule has 10 heavy (non-hydrogen) atoms. The summed E-state index contributed by atoms with van der Waals surface area (Å²) in [6, 6.07) is 0. The highest BCUT2D eigenvalue weighted by Gasteiger charge is 2.34. The summed E-state index contributed by atoms with van der Waals surface area (Å²) in [6.07, 6.45) is 1.01. The van der Waals surface area contributed by atoms with Crippen molar-refractivity contribution < 1.29 is 5.11 Å². The number of nitrogens with zero attached hydrogens (tertiary/aromatic N) is 1. The van der Waals surface area contributed by atoms with Gasteiger partial charge in [0.15, 0.2) is 0 Å². The summed E-state index contributed by atoms with van der Waals surface area (Å²) >= 11 is 0. The standard InChI is InChI=1S/C5H14N2OP2/c8-4-5(6-9)1-2-7(10)3-5/h6,8H,1-4,9-10H2. The molecule has 1 rings (SSSR count). The molecular formula is C5H14N2OP2. The molecule has 0 aromatic rings. The van der Waals surface area contributed by atoms with Crippen molar-refractivity contribution in [3.8, 4) is 0 Å². The summed E-state index contributed by atoms with van der Waals surface area (Å²) in [4.78, 5) is 0. The molecule has 3 nitrogen and oxygen atoms in total. The van der Waals surface area contributed by atoms with Crippen LogP contribution in [0.25, 0.3) is 0 Å². The zero-order valence-corrected chi connectivity index (χ0v) is 8.19. The van der Waals surface area contributed by atoms with E-state index in [1.54, 1.807) is 0 Å². The van der Waals surface area contributed by atoms with Crippen LogP contribution in [-0.2, 0) is 0 Å². The number of hydrogen-bond acceptors (Lipinski definition) is 3. The quantitative estimate of drug-likeness (QED) is 0.567. The van der Waals surface area contributed by atoms with Gasteiger partial charge >= 0.3 is 0 Å². The van der Waals surface area contributed by atoms with Gasteiger partial charge in [-0.05, 0) is 6.42 Å². The van der Waals surface area contributed by atoms with Gasteiger partial charge in [0.1, 0.15) is 0 Å². The van der Waals surface area contributed by atoms with E-state index >= 15 is 0 Å². The molecule has 0 aromatic heterocycles. The Hall–Kier alpha value is 0.740. The van der Waals surface area contributed by atoms with Crippen molar-refractivity contribution in [3.05, 3.63) is 0 Å². The lowest BCUT2D eigenvalue weighted by Gasteiger charge is -2.25.